The smallest absolute Gasteiger partial charge is 0.116 e. The molecule has 0 radical (unpaired) electrons. The normalized spacial score (nSPS) is 11.0. The van der Waals surface area contributed by atoms with Crippen molar-refractivity contribution in [1.29, 1.82) is 0 Å². The van der Waals surface area contributed by atoms with E-state index in [1.54, 1.807) is 12.5 Å². The first-order chi connectivity index (χ1) is 7.33. The highest BCUT2D eigenvalue weighted by Gasteiger charge is 2.01. The van der Waals surface area contributed by atoms with E-state index in [1.165, 1.54) is 0 Å². The van der Waals surface area contributed by atoms with Crippen LogP contribution >= 0.6 is 0 Å². The first-order valence-electron chi connectivity index (χ1n) is 4.64. The molecule has 3 nitrogen and oxygen atoms in total. The van der Waals surface area contributed by atoms with Crippen LogP contribution in [-0.2, 0) is 0 Å². The van der Waals surface area contributed by atoms with Gasteiger partial charge < -0.3 is 0 Å². The van der Waals surface area contributed by atoms with Gasteiger partial charge in [0.2, 0.25) is 0 Å². The van der Waals surface area contributed by atoms with E-state index >= 15 is 0 Å². The molecule has 0 bridgehead atoms. The summed E-state index contributed by atoms with van der Waals surface area (Å²) in [5.41, 5.74) is 3.22. The van der Waals surface area contributed by atoms with Crippen molar-refractivity contribution in [2.24, 2.45) is 4.99 Å². The Morgan fingerprint density at radius 2 is 2.27 bits per heavy atom. The number of benzene rings is 1. The van der Waals surface area contributed by atoms with E-state index in [4.69, 9.17) is 0 Å². The fourth-order valence-electron chi connectivity index (χ4n) is 1.53. The number of fused-ring (bicyclic) bond motifs is 1. The number of nitrogens with zero attached hydrogens (tertiary/aromatic N) is 3. The average Bonchev–Trinajstić information content (AvgIpc) is 2.29. The molecule has 0 aliphatic heterocycles. The highest BCUT2D eigenvalue weighted by Crippen LogP contribution is 2.19. The molecule has 0 fully saturated rings. The second kappa shape index (κ2) is 4.00. The van der Waals surface area contributed by atoms with Gasteiger partial charge in [0.15, 0.2) is 0 Å². The average molecular weight is 197 g/mol. The summed E-state index contributed by atoms with van der Waals surface area (Å²) in [4.78, 5) is 11.9. The maximum absolute atomic E-state index is 4.26. The third-order valence-corrected chi connectivity index (χ3v) is 2.33. The van der Waals surface area contributed by atoms with E-state index in [9.17, 15) is 0 Å². The zero-order valence-electron chi connectivity index (χ0n) is 8.51. The van der Waals surface area contributed by atoms with Crippen molar-refractivity contribution >= 4 is 23.7 Å². The third-order valence-electron chi connectivity index (χ3n) is 2.33. The monoisotopic (exact) mass is 197 g/mol. The van der Waals surface area contributed by atoms with Crippen LogP contribution in [0.15, 0.2) is 35.8 Å². The summed E-state index contributed by atoms with van der Waals surface area (Å²) in [6.07, 6.45) is 6.97. The Hall–Kier alpha value is -2.03. The summed E-state index contributed by atoms with van der Waals surface area (Å²) < 4.78 is 0. The van der Waals surface area contributed by atoms with Crippen LogP contribution in [0, 0.1) is 6.92 Å². The standard InChI is InChI=1S/C12H11N3/c1-9-10(5-6-13-2)3-4-11-7-14-8-15-12(9)11/h3-8H,2H2,1H3/b6-5-. The molecule has 2 aromatic rings. The minimum atomic E-state index is 0.983. The number of rotatable bonds is 2. The summed E-state index contributed by atoms with van der Waals surface area (Å²) in [6, 6.07) is 4.04. The van der Waals surface area contributed by atoms with E-state index in [2.05, 4.69) is 21.7 Å². The topological polar surface area (TPSA) is 38.1 Å². The SMILES string of the molecule is C=N/C=C\c1ccc2cncnc2c1C. The van der Waals surface area contributed by atoms with Crippen LogP contribution in [0.5, 0.6) is 0 Å². The maximum atomic E-state index is 4.26. The van der Waals surface area contributed by atoms with Gasteiger partial charge >= 0.3 is 0 Å². The molecule has 15 heavy (non-hydrogen) atoms. The highest BCUT2D eigenvalue weighted by atomic mass is 14.8. The predicted molar refractivity (Wildman–Crippen MR) is 62.9 cm³/mol. The summed E-state index contributed by atoms with van der Waals surface area (Å²) >= 11 is 0. The molecule has 0 saturated carbocycles. The first-order valence-corrected chi connectivity index (χ1v) is 4.64. The van der Waals surface area contributed by atoms with Gasteiger partial charge in [0.25, 0.3) is 0 Å². The van der Waals surface area contributed by atoms with Crippen molar-refractivity contribution in [2.45, 2.75) is 6.92 Å². The molecular formula is C12H11N3. The fourth-order valence-corrected chi connectivity index (χ4v) is 1.53. The summed E-state index contributed by atoms with van der Waals surface area (Å²) in [5.74, 6) is 0. The van der Waals surface area contributed by atoms with Crippen molar-refractivity contribution in [3.63, 3.8) is 0 Å². The van der Waals surface area contributed by atoms with Gasteiger partial charge in [-0.3, -0.25) is 4.99 Å². The second-order valence-electron chi connectivity index (χ2n) is 3.24. The molecule has 74 valence electrons. The predicted octanol–water partition coefficient (Wildman–Crippen LogP) is 2.61. The Morgan fingerprint density at radius 3 is 3.07 bits per heavy atom. The zero-order chi connectivity index (χ0) is 10.7. The number of aliphatic imine (C=N–C) groups is 1. The van der Waals surface area contributed by atoms with Crippen LogP contribution in [0.3, 0.4) is 0 Å². The van der Waals surface area contributed by atoms with E-state index in [0.29, 0.717) is 0 Å². The summed E-state index contributed by atoms with van der Waals surface area (Å²) in [5, 5.41) is 1.05. The lowest BCUT2D eigenvalue weighted by atomic mass is 10.1. The number of aryl methyl sites for hydroxylation is 1. The molecule has 0 N–H and O–H groups in total. The van der Waals surface area contributed by atoms with Crippen LogP contribution in [0.1, 0.15) is 11.1 Å². The van der Waals surface area contributed by atoms with Gasteiger partial charge in [0.05, 0.1) is 5.52 Å². The van der Waals surface area contributed by atoms with E-state index < -0.39 is 0 Å². The molecule has 2 rings (SSSR count). The molecular weight excluding hydrogens is 186 g/mol. The Kier molecular flexibility index (Phi) is 2.54. The zero-order valence-corrected chi connectivity index (χ0v) is 8.51. The van der Waals surface area contributed by atoms with Crippen molar-refractivity contribution in [3.05, 3.63) is 42.0 Å². The molecule has 0 spiro atoms. The molecule has 1 aromatic carbocycles. The molecule has 1 aromatic heterocycles. The highest BCUT2D eigenvalue weighted by molar-refractivity contribution is 5.84. The van der Waals surface area contributed by atoms with Crippen LogP contribution in [0.4, 0.5) is 0 Å². The molecule has 0 aliphatic carbocycles. The number of aromatic nitrogens is 2. The van der Waals surface area contributed by atoms with Crippen LogP contribution in [0.2, 0.25) is 0 Å². The van der Waals surface area contributed by atoms with Crippen LogP contribution in [-0.4, -0.2) is 16.7 Å². The van der Waals surface area contributed by atoms with Gasteiger partial charge in [-0.2, -0.15) is 0 Å². The second-order valence-corrected chi connectivity index (χ2v) is 3.24. The van der Waals surface area contributed by atoms with Crippen molar-refractivity contribution in [2.75, 3.05) is 0 Å². The fraction of sp³-hybridized carbons (Fsp3) is 0.0833. The van der Waals surface area contributed by atoms with Gasteiger partial charge in [0, 0.05) is 17.8 Å². The molecule has 3 heteroatoms. The van der Waals surface area contributed by atoms with Gasteiger partial charge in [-0.05, 0) is 30.8 Å². The van der Waals surface area contributed by atoms with Crippen LogP contribution < -0.4 is 0 Å². The van der Waals surface area contributed by atoms with Crippen LogP contribution in [0.25, 0.3) is 17.0 Å². The lowest BCUT2D eigenvalue weighted by molar-refractivity contribution is 1.21. The molecule has 0 aliphatic rings. The van der Waals surface area contributed by atoms with Crippen molar-refractivity contribution in [3.8, 4) is 0 Å². The summed E-state index contributed by atoms with van der Waals surface area (Å²) in [6.45, 7) is 5.45. The van der Waals surface area contributed by atoms with E-state index in [1.807, 2.05) is 31.3 Å². The largest absolute Gasteiger partial charge is 0.272 e. The van der Waals surface area contributed by atoms with E-state index in [0.717, 1.165) is 22.0 Å². The number of hydrogen-bond donors (Lipinski definition) is 0. The van der Waals surface area contributed by atoms with Gasteiger partial charge in [-0.15, -0.1) is 0 Å². The quantitative estimate of drug-likeness (QED) is 0.694. The lowest BCUT2D eigenvalue weighted by Gasteiger charge is -2.03. The summed E-state index contributed by atoms with van der Waals surface area (Å²) in [7, 11) is 0. The van der Waals surface area contributed by atoms with Gasteiger partial charge in [0.1, 0.15) is 6.33 Å². The first kappa shape index (κ1) is 9.52. The Morgan fingerprint density at radius 1 is 1.40 bits per heavy atom. The maximum Gasteiger partial charge on any atom is 0.116 e. The number of hydrogen-bond acceptors (Lipinski definition) is 3. The van der Waals surface area contributed by atoms with E-state index in [-0.39, 0.29) is 0 Å². The van der Waals surface area contributed by atoms with Crippen molar-refractivity contribution < 1.29 is 0 Å². The van der Waals surface area contributed by atoms with Gasteiger partial charge in [-0.1, -0.05) is 12.1 Å². The van der Waals surface area contributed by atoms with Gasteiger partial charge in [-0.25, -0.2) is 9.97 Å². The molecule has 0 amide bonds. The minimum absolute atomic E-state index is 0.983. The Labute approximate surface area is 88.2 Å². The molecule has 0 saturated heterocycles. The molecule has 0 atom stereocenters. The molecule has 0 unspecified atom stereocenters. The third kappa shape index (κ3) is 1.76. The Balaban J connectivity index is 2.64. The lowest BCUT2D eigenvalue weighted by Crippen LogP contribution is -1.87. The Bertz CT molecular complexity index is 529. The molecule has 1 heterocycles. The minimum Gasteiger partial charge on any atom is -0.272 e. The van der Waals surface area contributed by atoms with Crippen molar-refractivity contribution in [1.82, 2.24) is 9.97 Å².